The van der Waals surface area contributed by atoms with Crippen molar-refractivity contribution in [3.8, 4) is 0 Å². The van der Waals surface area contributed by atoms with Crippen LogP contribution in [0.4, 0.5) is 0 Å². The van der Waals surface area contributed by atoms with Crippen LogP contribution in [0.3, 0.4) is 0 Å². The second-order valence-electron chi connectivity index (χ2n) is 1.53. The van der Waals surface area contributed by atoms with Gasteiger partial charge < -0.3 is 0 Å². The molecule has 1 atom stereocenters. The molecule has 7 heavy (non-hydrogen) atoms. The summed E-state index contributed by atoms with van der Waals surface area (Å²) in [5.74, 6) is 1.13. The van der Waals surface area contributed by atoms with Crippen molar-refractivity contribution < 1.29 is 0 Å². The van der Waals surface area contributed by atoms with E-state index in [0.29, 0.717) is 5.25 Å². The molecule has 1 fully saturated rings. The summed E-state index contributed by atoms with van der Waals surface area (Å²) in [4.78, 5) is 0. The van der Waals surface area contributed by atoms with E-state index in [1.165, 1.54) is 0 Å². The Bertz CT molecular complexity index is 91.7. The number of hydrogen-bond acceptors (Lipinski definition) is 3. The van der Waals surface area contributed by atoms with Crippen LogP contribution >= 0.6 is 23.5 Å². The molecule has 0 amide bonds. The van der Waals surface area contributed by atoms with Gasteiger partial charge in [0.05, 0.1) is 0 Å². The average Bonchev–Trinajstić information content (AvgIpc) is 1.87. The molecule has 0 aromatic carbocycles. The van der Waals surface area contributed by atoms with Crippen LogP contribution in [0.5, 0.6) is 0 Å². The highest BCUT2D eigenvalue weighted by Crippen LogP contribution is 2.30. The van der Waals surface area contributed by atoms with Crippen molar-refractivity contribution in [2.24, 2.45) is 0 Å². The number of rotatable bonds is 0. The molecule has 1 saturated heterocycles. The molecule has 1 aliphatic rings. The number of nitrogens with one attached hydrogen (secondary N) is 1. The highest BCUT2D eigenvalue weighted by molar-refractivity contribution is 8.41. The summed E-state index contributed by atoms with van der Waals surface area (Å²) in [6.07, 6.45) is 0. The van der Waals surface area contributed by atoms with Crippen LogP contribution in [-0.4, -0.2) is 15.4 Å². The van der Waals surface area contributed by atoms with Gasteiger partial charge in [-0.1, -0.05) is 30.4 Å². The molecule has 1 rings (SSSR count). The minimum absolute atomic E-state index is 0.678. The van der Waals surface area contributed by atoms with Crippen LogP contribution in [-0.2, 0) is 0 Å². The summed E-state index contributed by atoms with van der Waals surface area (Å²) < 4.78 is 0.785. The van der Waals surface area contributed by atoms with Gasteiger partial charge >= 0.3 is 0 Å². The molecule has 1 heterocycles. The molecule has 3 heteroatoms. The first kappa shape index (κ1) is 5.51. The molecule has 1 aliphatic heterocycles. The Morgan fingerprint density at radius 2 is 2.57 bits per heavy atom. The second-order valence-corrected chi connectivity index (χ2v) is 4.26. The number of thioether (sulfide) groups is 2. The Morgan fingerprint density at radius 1 is 1.86 bits per heavy atom. The highest BCUT2D eigenvalue weighted by Gasteiger charge is 2.15. The van der Waals surface area contributed by atoms with Gasteiger partial charge in [-0.15, -0.1) is 0 Å². The van der Waals surface area contributed by atoms with Crippen LogP contribution in [0.2, 0.25) is 0 Å². The van der Waals surface area contributed by atoms with Crippen molar-refractivity contribution in [1.82, 2.24) is 0 Å². The molecule has 1 nitrogen and oxygen atoms in total. The van der Waals surface area contributed by atoms with Gasteiger partial charge in [0.1, 0.15) is 4.38 Å². The molecular weight excluding hydrogens is 126 g/mol. The second kappa shape index (κ2) is 2.09. The van der Waals surface area contributed by atoms with E-state index in [9.17, 15) is 0 Å². The monoisotopic (exact) mass is 133 g/mol. The predicted octanol–water partition coefficient (Wildman–Crippen LogP) is 1.79. The van der Waals surface area contributed by atoms with Crippen molar-refractivity contribution in [3.63, 3.8) is 0 Å². The van der Waals surface area contributed by atoms with Crippen LogP contribution in [0.1, 0.15) is 6.92 Å². The van der Waals surface area contributed by atoms with Gasteiger partial charge in [-0.05, 0) is 0 Å². The van der Waals surface area contributed by atoms with Crippen LogP contribution in [0.15, 0.2) is 0 Å². The maximum Gasteiger partial charge on any atom is 0.122 e. The minimum Gasteiger partial charge on any atom is -0.288 e. The van der Waals surface area contributed by atoms with Crippen LogP contribution in [0.25, 0.3) is 0 Å². The normalized spacial score (nSPS) is 31.6. The molecule has 40 valence electrons. The molecule has 0 saturated carbocycles. The molecule has 0 aliphatic carbocycles. The van der Waals surface area contributed by atoms with Gasteiger partial charge in [0.2, 0.25) is 0 Å². The summed E-state index contributed by atoms with van der Waals surface area (Å²) in [5.41, 5.74) is 0. The van der Waals surface area contributed by atoms with Gasteiger partial charge in [0, 0.05) is 11.0 Å². The molecule has 0 aromatic heterocycles. The fraction of sp³-hybridized carbons (Fsp3) is 0.750. The van der Waals surface area contributed by atoms with Gasteiger partial charge in [0.25, 0.3) is 0 Å². The fourth-order valence-corrected chi connectivity index (χ4v) is 2.64. The lowest BCUT2D eigenvalue weighted by Crippen LogP contribution is -1.89. The summed E-state index contributed by atoms with van der Waals surface area (Å²) in [6, 6.07) is 0. The maximum atomic E-state index is 7.10. The van der Waals surface area contributed by atoms with E-state index in [0.717, 1.165) is 10.1 Å². The Hall–Kier alpha value is 0.370. The average molecular weight is 133 g/mol. The Kier molecular flexibility index (Phi) is 1.65. The summed E-state index contributed by atoms with van der Waals surface area (Å²) >= 11 is 3.32. The van der Waals surface area contributed by atoms with Crippen molar-refractivity contribution in [3.05, 3.63) is 0 Å². The van der Waals surface area contributed by atoms with Gasteiger partial charge in [0.15, 0.2) is 0 Å². The van der Waals surface area contributed by atoms with Gasteiger partial charge in [-0.3, -0.25) is 5.41 Å². The van der Waals surface area contributed by atoms with E-state index in [2.05, 4.69) is 6.92 Å². The van der Waals surface area contributed by atoms with E-state index in [4.69, 9.17) is 5.41 Å². The van der Waals surface area contributed by atoms with E-state index in [-0.39, 0.29) is 0 Å². The molecule has 0 aromatic rings. The zero-order chi connectivity index (χ0) is 5.28. The molecule has 1 unspecified atom stereocenters. The molecule has 0 spiro atoms. The first-order chi connectivity index (χ1) is 3.29. The summed E-state index contributed by atoms with van der Waals surface area (Å²) in [6.45, 7) is 2.15. The van der Waals surface area contributed by atoms with Gasteiger partial charge in [-0.2, -0.15) is 0 Å². The van der Waals surface area contributed by atoms with Crippen molar-refractivity contribution >= 4 is 27.9 Å². The third kappa shape index (κ3) is 1.39. The van der Waals surface area contributed by atoms with Crippen molar-refractivity contribution in [2.75, 3.05) is 5.75 Å². The largest absolute Gasteiger partial charge is 0.288 e. The van der Waals surface area contributed by atoms with Crippen LogP contribution in [0, 0.1) is 5.41 Å². The fourth-order valence-electron chi connectivity index (χ4n) is 0.444. The van der Waals surface area contributed by atoms with Crippen molar-refractivity contribution in [1.29, 1.82) is 5.41 Å². The van der Waals surface area contributed by atoms with E-state index in [1.54, 1.807) is 23.5 Å². The quantitative estimate of drug-likeness (QED) is 0.544. The third-order valence-corrected chi connectivity index (χ3v) is 3.32. The molecular formula is C4H7NS2. The third-order valence-electron chi connectivity index (χ3n) is 0.757. The standard InChI is InChI=1S/C4H7NS2/c1-3-2-6-4(5)7-3/h3,5H,2H2,1H3. The zero-order valence-electron chi connectivity index (χ0n) is 4.10. The summed E-state index contributed by atoms with van der Waals surface area (Å²) in [5, 5.41) is 7.78. The predicted molar refractivity (Wildman–Crippen MR) is 37.2 cm³/mol. The van der Waals surface area contributed by atoms with Crippen LogP contribution < -0.4 is 0 Å². The molecule has 0 radical (unpaired) electrons. The van der Waals surface area contributed by atoms with E-state index in [1.807, 2.05) is 0 Å². The Balaban J connectivity index is 2.40. The zero-order valence-corrected chi connectivity index (χ0v) is 5.73. The Morgan fingerprint density at radius 3 is 2.71 bits per heavy atom. The highest BCUT2D eigenvalue weighted by atomic mass is 32.2. The van der Waals surface area contributed by atoms with Crippen molar-refractivity contribution in [2.45, 2.75) is 12.2 Å². The van der Waals surface area contributed by atoms with Gasteiger partial charge in [-0.25, -0.2) is 0 Å². The SMILES string of the molecule is CC1CSC(=N)S1. The smallest absolute Gasteiger partial charge is 0.122 e. The maximum absolute atomic E-state index is 7.10. The first-order valence-electron chi connectivity index (χ1n) is 2.17. The minimum atomic E-state index is 0.678. The lowest BCUT2D eigenvalue weighted by molar-refractivity contribution is 1.15. The van der Waals surface area contributed by atoms with E-state index >= 15 is 0 Å². The Labute approximate surface area is 51.8 Å². The first-order valence-corrected chi connectivity index (χ1v) is 4.03. The number of hydrogen-bond donors (Lipinski definition) is 1. The topological polar surface area (TPSA) is 23.9 Å². The lowest BCUT2D eigenvalue weighted by atomic mass is 10.6. The molecule has 1 N–H and O–H groups in total. The summed E-state index contributed by atoms with van der Waals surface area (Å²) in [7, 11) is 0. The lowest BCUT2D eigenvalue weighted by Gasteiger charge is -1.89. The van der Waals surface area contributed by atoms with E-state index < -0.39 is 0 Å². The molecule has 0 bridgehead atoms.